The number of fused-ring (bicyclic) bond motifs is 6. The molecule has 5 rings (SSSR count). The molecule has 134 valence electrons. The lowest BCUT2D eigenvalue weighted by atomic mass is 9.88. The van der Waals surface area contributed by atoms with Crippen LogP contribution in [0.15, 0.2) is 35.9 Å². The van der Waals surface area contributed by atoms with Crippen LogP contribution in [0.3, 0.4) is 0 Å². The van der Waals surface area contributed by atoms with Crippen LogP contribution in [-0.4, -0.2) is 18.5 Å². The monoisotopic (exact) mass is 352 g/mol. The Kier molecular flexibility index (Phi) is 3.32. The molecule has 0 bridgehead atoms. The maximum absolute atomic E-state index is 10.3. The summed E-state index contributed by atoms with van der Waals surface area (Å²) in [4.78, 5) is 0. The number of phenols is 1. The van der Waals surface area contributed by atoms with Crippen molar-refractivity contribution in [2.45, 2.75) is 32.3 Å². The van der Waals surface area contributed by atoms with Gasteiger partial charge in [0.15, 0.2) is 11.5 Å². The van der Waals surface area contributed by atoms with Crippen LogP contribution in [0.25, 0.3) is 0 Å². The van der Waals surface area contributed by atoms with E-state index < -0.39 is 0 Å². The van der Waals surface area contributed by atoms with E-state index in [0.717, 1.165) is 33.9 Å². The van der Waals surface area contributed by atoms with Crippen molar-refractivity contribution < 1.29 is 24.1 Å². The molecule has 3 aliphatic rings. The molecule has 1 N–H and O–H groups in total. The third-order valence-electron chi connectivity index (χ3n) is 5.19. The molecule has 0 radical (unpaired) electrons. The van der Waals surface area contributed by atoms with Crippen LogP contribution < -0.4 is 18.9 Å². The molecular formula is C21H20O5. The normalized spacial score (nSPS) is 21.2. The van der Waals surface area contributed by atoms with Gasteiger partial charge in [0.25, 0.3) is 0 Å². The lowest BCUT2D eigenvalue weighted by Crippen LogP contribution is -2.23. The Labute approximate surface area is 151 Å². The minimum atomic E-state index is -0.123. The van der Waals surface area contributed by atoms with Gasteiger partial charge in [-0.3, -0.25) is 0 Å². The molecule has 26 heavy (non-hydrogen) atoms. The van der Waals surface area contributed by atoms with Crippen LogP contribution in [0, 0.1) is 0 Å². The smallest absolute Gasteiger partial charge is 0.231 e. The molecule has 2 aromatic carbocycles. The molecule has 2 aromatic rings. The predicted molar refractivity (Wildman–Crippen MR) is 95.4 cm³/mol. The summed E-state index contributed by atoms with van der Waals surface area (Å²) in [6, 6.07) is 7.62. The highest BCUT2D eigenvalue weighted by atomic mass is 16.7. The van der Waals surface area contributed by atoms with E-state index in [1.54, 1.807) is 6.07 Å². The number of rotatable bonds is 2. The highest BCUT2D eigenvalue weighted by molar-refractivity contribution is 5.58. The quantitative estimate of drug-likeness (QED) is 0.820. The summed E-state index contributed by atoms with van der Waals surface area (Å²) in [5.74, 6) is 3.35. The Morgan fingerprint density at radius 2 is 1.81 bits per heavy atom. The van der Waals surface area contributed by atoms with Crippen molar-refractivity contribution in [1.29, 1.82) is 0 Å². The van der Waals surface area contributed by atoms with Gasteiger partial charge in [-0.15, -0.1) is 0 Å². The number of ether oxygens (including phenoxy) is 4. The van der Waals surface area contributed by atoms with E-state index in [1.807, 2.05) is 18.2 Å². The summed E-state index contributed by atoms with van der Waals surface area (Å²) in [6.45, 7) is 4.86. The standard InChI is InChI=1S/C21H20O5/c1-11(2)3-4-12-5-14-17(7-16(12)22)23-9-15-13-6-19-20(25-10-24-19)8-18(13)26-21(14)15/h3,5-8,15,21-22H,4,9-10H2,1-2H3/t15-,21-/m1/s1. The minimum absolute atomic E-state index is 0.104. The maximum Gasteiger partial charge on any atom is 0.231 e. The van der Waals surface area contributed by atoms with Crippen LogP contribution in [-0.2, 0) is 6.42 Å². The molecule has 0 aliphatic carbocycles. The van der Waals surface area contributed by atoms with Crippen molar-refractivity contribution in [3.63, 3.8) is 0 Å². The lowest BCUT2D eigenvalue weighted by molar-refractivity contribution is 0.138. The van der Waals surface area contributed by atoms with E-state index in [1.165, 1.54) is 5.57 Å². The van der Waals surface area contributed by atoms with E-state index in [-0.39, 0.29) is 24.6 Å². The van der Waals surface area contributed by atoms with Crippen molar-refractivity contribution in [1.82, 2.24) is 0 Å². The molecule has 0 unspecified atom stereocenters. The Balaban J connectivity index is 1.54. The molecule has 0 saturated heterocycles. The fourth-order valence-electron chi connectivity index (χ4n) is 3.81. The molecule has 3 aliphatic heterocycles. The summed E-state index contributed by atoms with van der Waals surface area (Å²) in [5, 5.41) is 10.3. The van der Waals surface area contributed by atoms with Gasteiger partial charge in [-0.25, -0.2) is 0 Å². The number of phenolic OH excluding ortho intramolecular Hbond substituents is 1. The Hall–Kier alpha value is -2.82. The first-order valence-electron chi connectivity index (χ1n) is 8.82. The van der Waals surface area contributed by atoms with E-state index >= 15 is 0 Å². The topological polar surface area (TPSA) is 57.2 Å². The zero-order valence-corrected chi connectivity index (χ0v) is 14.7. The first-order valence-corrected chi connectivity index (χ1v) is 8.82. The molecule has 0 aromatic heterocycles. The second-order valence-corrected chi connectivity index (χ2v) is 7.20. The third kappa shape index (κ3) is 2.30. The van der Waals surface area contributed by atoms with Gasteiger partial charge in [-0.05, 0) is 38.0 Å². The maximum atomic E-state index is 10.3. The van der Waals surface area contributed by atoms with Crippen molar-refractivity contribution >= 4 is 0 Å². The van der Waals surface area contributed by atoms with Crippen LogP contribution >= 0.6 is 0 Å². The van der Waals surface area contributed by atoms with Gasteiger partial charge in [-0.1, -0.05) is 11.6 Å². The predicted octanol–water partition coefficient (Wildman–Crippen LogP) is 4.24. The molecule has 0 fully saturated rings. The lowest BCUT2D eigenvalue weighted by Gasteiger charge is -2.28. The van der Waals surface area contributed by atoms with Gasteiger partial charge in [0.1, 0.15) is 23.4 Å². The molecule has 0 amide bonds. The molecule has 0 saturated carbocycles. The number of benzene rings is 2. The highest BCUT2D eigenvalue weighted by Crippen LogP contribution is 2.54. The van der Waals surface area contributed by atoms with Crippen LogP contribution in [0.5, 0.6) is 28.7 Å². The second kappa shape index (κ2) is 5.59. The second-order valence-electron chi connectivity index (χ2n) is 7.20. The average molecular weight is 352 g/mol. The zero-order chi connectivity index (χ0) is 17.8. The number of hydrogen-bond donors (Lipinski definition) is 1. The Morgan fingerprint density at radius 3 is 2.62 bits per heavy atom. The Bertz CT molecular complexity index is 926. The van der Waals surface area contributed by atoms with Crippen molar-refractivity contribution in [2.75, 3.05) is 13.4 Å². The first kappa shape index (κ1) is 15.4. The Morgan fingerprint density at radius 1 is 1.00 bits per heavy atom. The fourth-order valence-corrected chi connectivity index (χ4v) is 3.81. The van der Waals surface area contributed by atoms with Crippen LogP contribution in [0.2, 0.25) is 0 Å². The van der Waals surface area contributed by atoms with Crippen molar-refractivity contribution in [2.24, 2.45) is 0 Å². The molecule has 0 spiro atoms. The van der Waals surface area contributed by atoms with Crippen LogP contribution in [0.4, 0.5) is 0 Å². The summed E-state index contributed by atoms with van der Waals surface area (Å²) >= 11 is 0. The minimum Gasteiger partial charge on any atom is -0.508 e. The van der Waals surface area contributed by atoms with E-state index in [0.29, 0.717) is 18.8 Å². The highest BCUT2D eigenvalue weighted by Gasteiger charge is 2.42. The summed E-state index contributed by atoms with van der Waals surface area (Å²) < 4.78 is 23.2. The molecule has 5 heteroatoms. The number of hydrogen-bond acceptors (Lipinski definition) is 5. The van der Waals surface area contributed by atoms with Crippen molar-refractivity contribution in [3.05, 3.63) is 52.6 Å². The fraction of sp³-hybridized carbons (Fsp3) is 0.333. The van der Waals surface area contributed by atoms with Crippen LogP contribution in [0.1, 0.15) is 42.6 Å². The van der Waals surface area contributed by atoms with Gasteiger partial charge in [0, 0.05) is 23.3 Å². The molecule has 2 atom stereocenters. The summed E-state index contributed by atoms with van der Waals surface area (Å²) in [6.07, 6.45) is 2.66. The van der Waals surface area contributed by atoms with Gasteiger partial charge < -0.3 is 24.1 Å². The molecule has 3 heterocycles. The number of aromatic hydroxyl groups is 1. The summed E-state index contributed by atoms with van der Waals surface area (Å²) in [5.41, 5.74) is 4.16. The SMILES string of the molecule is CC(C)=CCc1cc2c(cc1O)OC[C@@H]1c3cc4c(cc3O[C@H]21)OCO4. The van der Waals surface area contributed by atoms with Crippen molar-refractivity contribution in [3.8, 4) is 28.7 Å². The van der Waals surface area contributed by atoms with Gasteiger partial charge >= 0.3 is 0 Å². The van der Waals surface area contributed by atoms with E-state index in [4.69, 9.17) is 18.9 Å². The van der Waals surface area contributed by atoms with Gasteiger partial charge in [0.05, 0.1) is 12.5 Å². The van der Waals surface area contributed by atoms with E-state index in [2.05, 4.69) is 19.9 Å². The third-order valence-corrected chi connectivity index (χ3v) is 5.19. The molecule has 5 nitrogen and oxygen atoms in total. The molecular weight excluding hydrogens is 332 g/mol. The van der Waals surface area contributed by atoms with Gasteiger partial charge in [0.2, 0.25) is 6.79 Å². The first-order chi connectivity index (χ1) is 12.6. The van der Waals surface area contributed by atoms with E-state index in [9.17, 15) is 5.11 Å². The van der Waals surface area contributed by atoms with Gasteiger partial charge in [-0.2, -0.15) is 0 Å². The largest absolute Gasteiger partial charge is 0.508 e. The zero-order valence-electron chi connectivity index (χ0n) is 14.7. The summed E-state index contributed by atoms with van der Waals surface area (Å²) in [7, 11) is 0. The average Bonchev–Trinajstić information content (AvgIpc) is 3.21. The number of allylic oxidation sites excluding steroid dienone is 2.